The molecule has 0 aliphatic rings. The first-order valence-electron chi connectivity index (χ1n) is 4.89. The molecule has 0 bridgehead atoms. The van der Waals surface area contributed by atoms with Gasteiger partial charge in [-0.3, -0.25) is 0 Å². The first-order chi connectivity index (χ1) is 8.58. The van der Waals surface area contributed by atoms with Gasteiger partial charge >= 0.3 is 5.97 Å². The van der Waals surface area contributed by atoms with Crippen LogP contribution in [0.1, 0.15) is 10.4 Å². The maximum absolute atomic E-state index is 13.3. The molecule has 0 atom stereocenters. The van der Waals surface area contributed by atoms with Gasteiger partial charge in [-0.1, -0.05) is 12.1 Å². The van der Waals surface area contributed by atoms with Gasteiger partial charge in [0.1, 0.15) is 11.4 Å². The summed E-state index contributed by atoms with van der Waals surface area (Å²) in [5.74, 6) is -3.44. The lowest BCUT2D eigenvalue weighted by Gasteiger charge is -2.07. The molecule has 1 aromatic heterocycles. The Morgan fingerprint density at radius 3 is 2.67 bits per heavy atom. The molecule has 0 saturated carbocycles. The molecule has 0 aliphatic carbocycles. The third kappa shape index (κ3) is 2.42. The molecule has 0 saturated heterocycles. The van der Waals surface area contributed by atoms with Crippen LogP contribution in [0.3, 0.4) is 0 Å². The third-order valence-electron chi connectivity index (χ3n) is 2.09. The molecule has 18 heavy (non-hydrogen) atoms. The first-order valence-corrected chi connectivity index (χ1v) is 4.89. The number of carboxylic acid groups (broad SMARTS) is 1. The van der Waals surface area contributed by atoms with Crippen LogP contribution in [0.2, 0.25) is 0 Å². The maximum Gasteiger partial charge on any atom is 0.341 e. The van der Waals surface area contributed by atoms with E-state index in [-0.39, 0.29) is 11.6 Å². The summed E-state index contributed by atoms with van der Waals surface area (Å²) in [5.41, 5.74) is -0.474. The van der Waals surface area contributed by atoms with Crippen molar-refractivity contribution in [2.24, 2.45) is 0 Å². The molecular formula is C12H7F2NO3. The molecule has 1 aromatic carbocycles. The third-order valence-corrected chi connectivity index (χ3v) is 2.09. The zero-order valence-corrected chi connectivity index (χ0v) is 8.93. The minimum absolute atomic E-state index is 0.181. The second-order valence-corrected chi connectivity index (χ2v) is 3.34. The number of halogens is 2. The van der Waals surface area contributed by atoms with Crippen LogP contribution in [0.25, 0.3) is 0 Å². The minimum atomic E-state index is -1.41. The lowest BCUT2D eigenvalue weighted by atomic mass is 10.2. The highest BCUT2D eigenvalue weighted by atomic mass is 19.1. The molecule has 0 amide bonds. The van der Waals surface area contributed by atoms with E-state index >= 15 is 0 Å². The molecule has 0 spiro atoms. The van der Waals surface area contributed by atoms with Gasteiger partial charge in [-0.25, -0.2) is 18.6 Å². The molecule has 2 rings (SSSR count). The Morgan fingerprint density at radius 2 is 2.00 bits per heavy atom. The fraction of sp³-hybridized carbons (Fsp3) is 0. The van der Waals surface area contributed by atoms with Crippen LogP contribution in [-0.4, -0.2) is 16.1 Å². The predicted molar refractivity (Wildman–Crippen MR) is 57.6 cm³/mol. The molecule has 92 valence electrons. The first kappa shape index (κ1) is 12.0. The molecule has 2 aromatic rings. The number of para-hydroxylation sites is 1. The Hall–Kier alpha value is -2.50. The van der Waals surface area contributed by atoms with Crippen LogP contribution in [0.4, 0.5) is 8.78 Å². The molecule has 1 N–H and O–H groups in total. The van der Waals surface area contributed by atoms with Crippen LogP contribution in [0.5, 0.6) is 11.6 Å². The lowest BCUT2D eigenvalue weighted by molar-refractivity contribution is 0.0692. The summed E-state index contributed by atoms with van der Waals surface area (Å²) < 4.78 is 31.2. The molecule has 6 heteroatoms. The van der Waals surface area contributed by atoms with E-state index < -0.39 is 23.2 Å². The number of aromatic nitrogens is 1. The number of pyridine rings is 1. The van der Waals surface area contributed by atoms with Crippen LogP contribution >= 0.6 is 0 Å². The van der Waals surface area contributed by atoms with Gasteiger partial charge in [-0.15, -0.1) is 0 Å². The number of hydrogen-bond donors (Lipinski definition) is 1. The number of nitrogens with zero attached hydrogens (tertiary/aromatic N) is 1. The van der Waals surface area contributed by atoms with Crippen molar-refractivity contribution in [2.75, 3.05) is 0 Å². The molecule has 0 fully saturated rings. The highest BCUT2D eigenvalue weighted by molar-refractivity contribution is 5.90. The van der Waals surface area contributed by atoms with Gasteiger partial charge in [0.2, 0.25) is 5.88 Å². The molecule has 0 aliphatic heterocycles. The van der Waals surface area contributed by atoms with Crippen LogP contribution in [0.15, 0.2) is 36.5 Å². The smallest absolute Gasteiger partial charge is 0.341 e. The van der Waals surface area contributed by atoms with E-state index in [1.54, 1.807) is 0 Å². The van der Waals surface area contributed by atoms with Gasteiger partial charge in [0.25, 0.3) is 0 Å². The van der Waals surface area contributed by atoms with Crippen molar-refractivity contribution in [2.45, 2.75) is 0 Å². The Morgan fingerprint density at radius 1 is 1.28 bits per heavy atom. The van der Waals surface area contributed by atoms with Gasteiger partial charge < -0.3 is 9.84 Å². The highest BCUT2D eigenvalue weighted by Crippen LogP contribution is 2.25. The van der Waals surface area contributed by atoms with Gasteiger partial charge in [-0.2, -0.15) is 0 Å². The van der Waals surface area contributed by atoms with Crippen molar-refractivity contribution in [1.29, 1.82) is 0 Å². The fourth-order valence-corrected chi connectivity index (χ4v) is 1.29. The highest BCUT2D eigenvalue weighted by Gasteiger charge is 2.16. The van der Waals surface area contributed by atoms with Crippen LogP contribution in [-0.2, 0) is 0 Å². The fourth-order valence-electron chi connectivity index (χ4n) is 1.29. The standard InChI is InChI=1S/C12H7F2NO3/c13-7-5-8(12(16)17)11(15-6-7)18-10-4-2-1-3-9(10)14/h1-6H,(H,16,17). The number of hydrogen-bond acceptors (Lipinski definition) is 3. The summed E-state index contributed by atoms with van der Waals surface area (Å²) >= 11 is 0. The van der Waals surface area contributed by atoms with Gasteiger partial charge in [0.15, 0.2) is 11.6 Å². The van der Waals surface area contributed by atoms with Crippen molar-refractivity contribution in [3.05, 3.63) is 53.7 Å². The van der Waals surface area contributed by atoms with Crippen molar-refractivity contribution >= 4 is 5.97 Å². The Labute approximate surface area is 100 Å². The molecule has 1 heterocycles. The summed E-state index contributed by atoms with van der Waals surface area (Å²) in [6.45, 7) is 0. The largest absolute Gasteiger partial charge is 0.477 e. The van der Waals surface area contributed by atoms with Crippen molar-refractivity contribution in [3.8, 4) is 11.6 Å². The quantitative estimate of drug-likeness (QED) is 0.911. The summed E-state index contributed by atoms with van der Waals surface area (Å²) in [5, 5.41) is 8.86. The van der Waals surface area contributed by atoms with E-state index in [0.29, 0.717) is 0 Å². The second-order valence-electron chi connectivity index (χ2n) is 3.34. The SMILES string of the molecule is O=C(O)c1cc(F)cnc1Oc1ccccc1F. The number of ether oxygens (including phenoxy) is 1. The summed E-state index contributed by atoms with van der Waals surface area (Å²) in [6, 6.07) is 6.19. The minimum Gasteiger partial charge on any atom is -0.477 e. The number of carboxylic acids is 1. The number of carbonyl (C=O) groups is 1. The monoisotopic (exact) mass is 251 g/mol. The Kier molecular flexibility index (Phi) is 3.18. The van der Waals surface area contributed by atoms with E-state index in [2.05, 4.69) is 4.98 Å². The number of benzene rings is 1. The van der Waals surface area contributed by atoms with Crippen LogP contribution < -0.4 is 4.74 Å². The number of rotatable bonds is 3. The van der Waals surface area contributed by atoms with Gasteiger partial charge in [-0.05, 0) is 18.2 Å². The topological polar surface area (TPSA) is 59.4 Å². The lowest BCUT2D eigenvalue weighted by Crippen LogP contribution is -2.03. The summed E-state index contributed by atoms with van der Waals surface area (Å²) in [4.78, 5) is 14.4. The van der Waals surface area contributed by atoms with Crippen LogP contribution in [0, 0.1) is 11.6 Å². The molecule has 0 unspecified atom stereocenters. The summed E-state index contributed by atoms with van der Waals surface area (Å²) in [6.07, 6.45) is 0.794. The van der Waals surface area contributed by atoms with E-state index in [1.807, 2.05) is 0 Å². The van der Waals surface area contributed by atoms with E-state index in [1.165, 1.54) is 18.2 Å². The van der Waals surface area contributed by atoms with Crippen molar-refractivity contribution in [1.82, 2.24) is 4.98 Å². The zero-order valence-electron chi connectivity index (χ0n) is 8.93. The normalized spacial score (nSPS) is 10.1. The van der Waals surface area contributed by atoms with Gasteiger partial charge in [0, 0.05) is 0 Å². The zero-order chi connectivity index (χ0) is 13.1. The van der Waals surface area contributed by atoms with Gasteiger partial charge in [0.05, 0.1) is 6.20 Å². The molecule has 4 nitrogen and oxygen atoms in total. The predicted octanol–water partition coefficient (Wildman–Crippen LogP) is 2.85. The van der Waals surface area contributed by atoms with E-state index in [9.17, 15) is 13.6 Å². The second kappa shape index (κ2) is 4.79. The molecule has 0 radical (unpaired) electrons. The Balaban J connectivity index is 2.41. The van der Waals surface area contributed by atoms with Crippen molar-refractivity contribution < 1.29 is 23.4 Å². The maximum atomic E-state index is 13.3. The summed E-state index contributed by atoms with van der Waals surface area (Å²) in [7, 11) is 0. The van der Waals surface area contributed by atoms with E-state index in [4.69, 9.17) is 9.84 Å². The number of aromatic carboxylic acids is 1. The average molecular weight is 251 g/mol. The average Bonchev–Trinajstić information content (AvgIpc) is 2.34. The van der Waals surface area contributed by atoms with E-state index in [0.717, 1.165) is 18.3 Å². The van der Waals surface area contributed by atoms with Crippen molar-refractivity contribution in [3.63, 3.8) is 0 Å². The Bertz CT molecular complexity index is 602. The molecular weight excluding hydrogens is 244 g/mol.